The second-order valence-electron chi connectivity index (χ2n) is 2.33. The first-order chi connectivity index (χ1) is 5.86. The highest BCUT2D eigenvalue weighted by atomic mass is 127. The lowest BCUT2D eigenvalue weighted by Crippen LogP contribution is -1.78. The van der Waals surface area contributed by atoms with Gasteiger partial charge < -0.3 is 4.98 Å². The van der Waals surface area contributed by atoms with Crippen molar-refractivity contribution in [3.05, 3.63) is 34.6 Å². The van der Waals surface area contributed by atoms with Crippen LogP contribution in [-0.2, 0) is 0 Å². The SMILES string of the molecule is Ic1ncc(-c2cccnc2)[nH]1. The van der Waals surface area contributed by atoms with Gasteiger partial charge in [0.15, 0.2) is 3.83 Å². The van der Waals surface area contributed by atoms with Crippen LogP contribution in [0, 0.1) is 3.83 Å². The number of nitrogens with zero attached hydrogens (tertiary/aromatic N) is 2. The first-order valence-corrected chi connectivity index (χ1v) is 4.55. The molecular weight excluding hydrogens is 265 g/mol. The average Bonchev–Trinajstić information content (AvgIpc) is 2.54. The molecule has 0 aliphatic heterocycles. The fourth-order valence-corrected chi connectivity index (χ4v) is 1.40. The predicted molar refractivity (Wildman–Crippen MR) is 54.5 cm³/mol. The molecule has 0 aliphatic rings. The van der Waals surface area contributed by atoms with Crippen molar-refractivity contribution in [1.29, 1.82) is 0 Å². The van der Waals surface area contributed by atoms with Crippen LogP contribution in [0.15, 0.2) is 30.7 Å². The summed E-state index contributed by atoms with van der Waals surface area (Å²) < 4.78 is 0.895. The number of aromatic nitrogens is 3. The molecule has 0 atom stereocenters. The Balaban J connectivity index is 2.45. The van der Waals surface area contributed by atoms with E-state index in [1.807, 2.05) is 18.3 Å². The van der Waals surface area contributed by atoms with E-state index in [2.05, 4.69) is 37.5 Å². The van der Waals surface area contributed by atoms with Gasteiger partial charge in [-0.2, -0.15) is 0 Å². The van der Waals surface area contributed by atoms with E-state index in [1.54, 1.807) is 12.4 Å². The molecule has 3 nitrogen and oxygen atoms in total. The zero-order chi connectivity index (χ0) is 8.39. The summed E-state index contributed by atoms with van der Waals surface area (Å²) in [4.78, 5) is 11.2. The van der Waals surface area contributed by atoms with Crippen molar-refractivity contribution in [2.45, 2.75) is 0 Å². The lowest BCUT2D eigenvalue weighted by molar-refractivity contribution is 1.23. The molecule has 1 N–H and O–H groups in total. The molecule has 0 spiro atoms. The zero-order valence-electron chi connectivity index (χ0n) is 6.16. The highest BCUT2D eigenvalue weighted by Gasteiger charge is 1.99. The van der Waals surface area contributed by atoms with Crippen molar-refractivity contribution in [2.24, 2.45) is 0 Å². The summed E-state index contributed by atoms with van der Waals surface area (Å²) in [7, 11) is 0. The van der Waals surface area contributed by atoms with Gasteiger partial charge in [-0.15, -0.1) is 0 Å². The van der Waals surface area contributed by atoms with Crippen LogP contribution in [-0.4, -0.2) is 15.0 Å². The van der Waals surface area contributed by atoms with Gasteiger partial charge in [0.05, 0.1) is 11.9 Å². The number of imidazole rings is 1. The minimum Gasteiger partial charge on any atom is -0.333 e. The maximum Gasteiger partial charge on any atom is 0.169 e. The van der Waals surface area contributed by atoms with E-state index in [1.165, 1.54) is 0 Å². The number of hydrogen-bond acceptors (Lipinski definition) is 2. The van der Waals surface area contributed by atoms with Crippen LogP contribution in [0.25, 0.3) is 11.3 Å². The van der Waals surface area contributed by atoms with Gasteiger partial charge in [0.2, 0.25) is 0 Å². The summed E-state index contributed by atoms with van der Waals surface area (Å²) in [5, 5.41) is 0. The van der Waals surface area contributed by atoms with Crippen molar-refractivity contribution in [3.63, 3.8) is 0 Å². The average molecular weight is 271 g/mol. The number of halogens is 1. The molecule has 12 heavy (non-hydrogen) atoms. The normalized spacial score (nSPS) is 10.1. The summed E-state index contributed by atoms with van der Waals surface area (Å²) in [6.45, 7) is 0. The first kappa shape index (κ1) is 7.72. The topological polar surface area (TPSA) is 41.6 Å². The molecule has 0 aromatic carbocycles. The number of aromatic amines is 1. The third kappa shape index (κ3) is 1.47. The van der Waals surface area contributed by atoms with Crippen molar-refractivity contribution in [3.8, 4) is 11.3 Å². The Morgan fingerprint density at radius 3 is 2.83 bits per heavy atom. The van der Waals surface area contributed by atoms with Gasteiger partial charge in [-0.25, -0.2) is 4.98 Å². The van der Waals surface area contributed by atoms with Crippen molar-refractivity contribution < 1.29 is 0 Å². The van der Waals surface area contributed by atoms with Crippen LogP contribution < -0.4 is 0 Å². The highest BCUT2D eigenvalue weighted by Crippen LogP contribution is 2.15. The summed E-state index contributed by atoms with van der Waals surface area (Å²) >= 11 is 2.14. The quantitative estimate of drug-likeness (QED) is 0.807. The van der Waals surface area contributed by atoms with Crippen molar-refractivity contribution in [2.75, 3.05) is 0 Å². The number of H-pyrrole nitrogens is 1. The van der Waals surface area contributed by atoms with Crippen LogP contribution >= 0.6 is 22.6 Å². The van der Waals surface area contributed by atoms with Gasteiger partial charge in [-0.3, -0.25) is 4.98 Å². The lowest BCUT2D eigenvalue weighted by Gasteiger charge is -1.93. The maximum atomic E-state index is 4.10. The number of hydrogen-bond donors (Lipinski definition) is 1. The molecule has 60 valence electrons. The summed E-state index contributed by atoms with van der Waals surface area (Å²) in [5.41, 5.74) is 2.07. The van der Waals surface area contributed by atoms with E-state index in [4.69, 9.17) is 0 Å². The Labute approximate surface area is 83.4 Å². The summed E-state index contributed by atoms with van der Waals surface area (Å²) in [5.74, 6) is 0. The molecule has 0 aliphatic carbocycles. The molecule has 0 fully saturated rings. The van der Waals surface area contributed by atoms with Crippen LogP contribution in [0.1, 0.15) is 0 Å². The van der Waals surface area contributed by atoms with E-state index >= 15 is 0 Å². The first-order valence-electron chi connectivity index (χ1n) is 3.47. The fraction of sp³-hybridized carbons (Fsp3) is 0. The minimum absolute atomic E-state index is 0.895. The monoisotopic (exact) mass is 271 g/mol. The molecular formula is C8H6IN3. The summed E-state index contributed by atoms with van der Waals surface area (Å²) in [6.07, 6.45) is 5.37. The van der Waals surface area contributed by atoms with E-state index in [9.17, 15) is 0 Å². The van der Waals surface area contributed by atoms with Crippen LogP contribution in [0.5, 0.6) is 0 Å². The number of nitrogens with one attached hydrogen (secondary N) is 1. The third-order valence-electron chi connectivity index (χ3n) is 1.52. The van der Waals surface area contributed by atoms with E-state index in [0.717, 1.165) is 15.1 Å². The van der Waals surface area contributed by atoms with Gasteiger partial charge in [0.1, 0.15) is 0 Å². The second-order valence-corrected chi connectivity index (χ2v) is 3.35. The lowest BCUT2D eigenvalue weighted by atomic mass is 10.2. The molecule has 2 aromatic rings. The minimum atomic E-state index is 0.895. The predicted octanol–water partition coefficient (Wildman–Crippen LogP) is 2.08. The fourth-order valence-electron chi connectivity index (χ4n) is 0.966. The Kier molecular flexibility index (Phi) is 2.07. The summed E-state index contributed by atoms with van der Waals surface area (Å²) in [6, 6.07) is 3.90. The molecule has 0 radical (unpaired) electrons. The zero-order valence-corrected chi connectivity index (χ0v) is 8.32. The molecule has 2 aromatic heterocycles. The Hall–Kier alpha value is -0.910. The van der Waals surface area contributed by atoms with E-state index in [0.29, 0.717) is 0 Å². The van der Waals surface area contributed by atoms with Gasteiger partial charge in [0.25, 0.3) is 0 Å². The van der Waals surface area contributed by atoms with Crippen LogP contribution in [0.2, 0.25) is 0 Å². The highest BCUT2D eigenvalue weighted by molar-refractivity contribution is 14.1. The molecule has 4 heteroatoms. The number of pyridine rings is 1. The molecule has 0 amide bonds. The van der Waals surface area contributed by atoms with Gasteiger partial charge in [-0.1, -0.05) is 0 Å². The van der Waals surface area contributed by atoms with Crippen LogP contribution in [0.4, 0.5) is 0 Å². The molecule has 0 saturated heterocycles. The Morgan fingerprint density at radius 1 is 1.33 bits per heavy atom. The van der Waals surface area contributed by atoms with Crippen LogP contribution in [0.3, 0.4) is 0 Å². The molecule has 0 saturated carbocycles. The van der Waals surface area contributed by atoms with E-state index < -0.39 is 0 Å². The largest absolute Gasteiger partial charge is 0.333 e. The Morgan fingerprint density at radius 2 is 2.25 bits per heavy atom. The molecule has 0 bridgehead atoms. The van der Waals surface area contributed by atoms with Crippen molar-refractivity contribution >= 4 is 22.6 Å². The molecule has 2 rings (SSSR count). The third-order valence-corrected chi connectivity index (χ3v) is 2.07. The molecule has 2 heterocycles. The van der Waals surface area contributed by atoms with Gasteiger partial charge >= 0.3 is 0 Å². The second kappa shape index (κ2) is 3.22. The smallest absolute Gasteiger partial charge is 0.169 e. The standard InChI is InChI=1S/C8H6IN3/c9-8-11-5-7(12-8)6-2-1-3-10-4-6/h1-5H,(H,11,12). The number of rotatable bonds is 1. The van der Waals surface area contributed by atoms with Gasteiger partial charge in [0, 0.05) is 18.0 Å². The molecule has 0 unspecified atom stereocenters. The van der Waals surface area contributed by atoms with Gasteiger partial charge in [-0.05, 0) is 34.7 Å². The Bertz CT molecular complexity index is 369. The van der Waals surface area contributed by atoms with E-state index in [-0.39, 0.29) is 0 Å². The maximum absolute atomic E-state index is 4.10. The van der Waals surface area contributed by atoms with Crippen molar-refractivity contribution in [1.82, 2.24) is 15.0 Å².